The van der Waals surface area contributed by atoms with Crippen LogP contribution in [-0.4, -0.2) is 23.1 Å². The molecule has 524 valence electrons. The van der Waals surface area contributed by atoms with Crippen LogP contribution in [-0.2, 0) is 32.0 Å². The Labute approximate surface area is 638 Å². The number of ketones is 4. The van der Waals surface area contributed by atoms with E-state index in [2.05, 4.69) is 204 Å². The number of hydrogen-bond acceptors (Lipinski definition) is 10. The minimum Gasteiger partial charge on any atom is -0.291 e. The van der Waals surface area contributed by atoms with Gasteiger partial charge in [0.25, 0.3) is 0 Å². The molecular formula is C92H74Cl4N6O4. The first-order valence-corrected chi connectivity index (χ1v) is 37.9. The van der Waals surface area contributed by atoms with E-state index in [1.54, 1.807) is 12.1 Å². The Balaban J connectivity index is 0.00000145. The molecule has 10 aliphatic rings. The number of aryl methyl sites for hydroxylation is 10. The number of benzene rings is 8. The Morgan fingerprint density at radius 2 is 0.585 bits per heavy atom. The van der Waals surface area contributed by atoms with Crippen molar-refractivity contribution >= 4 is 91.1 Å². The van der Waals surface area contributed by atoms with E-state index in [4.69, 9.17) is 56.9 Å². The molecule has 0 spiro atoms. The maximum absolute atomic E-state index is 16.7. The highest BCUT2D eigenvalue weighted by molar-refractivity contribution is 6.58. The lowest BCUT2D eigenvalue weighted by atomic mass is 9.34. The van der Waals surface area contributed by atoms with E-state index >= 15 is 19.2 Å². The van der Waals surface area contributed by atoms with Gasteiger partial charge in [-0.1, -0.05) is 203 Å². The average Bonchev–Trinajstić information content (AvgIpc) is 0.636. The van der Waals surface area contributed by atoms with Gasteiger partial charge in [0.05, 0.1) is 36.4 Å². The molecule has 14 heteroatoms. The summed E-state index contributed by atoms with van der Waals surface area (Å²) in [4.78, 5) is 66.6. The van der Waals surface area contributed by atoms with Gasteiger partial charge < -0.3 is 0 Å². The minimum absolute atomic E-state index is 0.369. The van der Waals surface area contributed by atoms with Gasteiger partial charge in [-0.25, -0.2) is 0 Å². The molecule has 0 amide bonds. The van der Waals surface area contributed by atoms with Gasteiger partial charge >= 0.3 is 0 Å². The predicted molar refractivity (Wildman–Crippen MR) is 415 cm³/mol. The zero-order valence-corrected chi connectivity index (χ0v) is 64.5. The predicted octanol–water partition coefficient (Wildman–Crippen LogP) is 21.7. The number of fused-ring (bicyclic) bond motifs is 4. The van der Waals surface area contributed by atoms with Gasteiger partial charge in [-0.15, -0.1) is 0 Å². The summed E-state index contributed by atoms with van der Waals surface area (Å²) >= 11 is 29.1. The Kier molecular flexibility index (Phi) is 16.8. The lowest BCUT2D eigenvalue weighted by Crippen LogP contribution is -2.66. The number of halogens is 4. The minimum atomic E-state index is -2.50. The van der Waals surface area contributed by atoms with Crippen LogP contribution in [0.3, 0.4) is 0 Å². The van der Waals surface area contributed by atoms with Crippen molar-refractivity contribution in [2.75, 3.05) is 0 Å². The molecule has 10 nitrogen and oxygen atoms in total. The highest BCUT2D eigenvalue weighted by Crippen LogP contribution is 2.82. The number of hydrogen-bond donors (Lipinski definition) is 0. The Bertz CT molecular complexity index is 5540. The Hall–Kier alpha value is -9.98. The molecule has 106 heavy (non-hydrogen) atoms. The summed E-state index contributed by atoms with van der Waals surface area (Å²) in [6.45, 7) is 27.7. The molecule has 12 atom stereocenters. The largest absolute Gasteiger partial charge is 0.291 e. The van der Waals surface area contributed by atoms with Crippen LogP contribution in [0, 0.1) is 145 Å². The fraction of sp³-hybridized carbons (Fsp3) is 0.326. The van der Waals surface area contributed by atoms with Crippen molar-refractivity contribution in [1.82, 2.24) is 0 Å². The number of rotatable bonds is 8. The summed E-state index contributed by atoms with van der Waals surface area (Å²) in [6, 6.07) is 49.0. The number of nitrogens with zero attached hydrogens (tertiary/aromatic N) is 6. The molecule has 0 heterocycles. The summed E-state index contributed by atoms with van der Waals surface area (Å²) in [7, 11) is 0. The third-order valence-electron chi connectivity index (χ3n) is 25.2. The molecule has 0 unspecified atom stereocenters. The van der Waals surface area contributed by atoms with Gasteiger partial charge in [0, 0.05) is 61.2 Å². The molecule has 0 aromatic heterocycles. The van der Waals surface area contributed by atoms with Crippen LogP contribution >= 0.6 is 46.4 Å². The van der Waals surface area contributed by atoms with Crippen molar-refractivity contribution < 1.29 is 19.2 Å². The Morgan fingerprint density at radius 3 is 0.830 bits per heavy atom. The number of allylic oxidation sites excluding steroid dienone is 8. The third kappa shape index (κ3) is 8.57. The molecule has 0 saturated carbocycles. The van der Waals surface area contributed by atoms with Crippen molar-refractivity contribution in [3.63, 3.8) is 0 Å². The van der Waals surface area contributed by atoms with Gasteiger partial charge in [-0.3, -0.25) is 19.2 Å². The molecule has 4 bridgehead atoms. The maximum Gasteiger partial charge on any atom is 0.199 e. The topological polar surface area (TPSA) is 211 Å². The smallest absolute Gasteiger partial charge is 0.199 e. The van der Waals surface area contributed by atoms with E-state index in [9.17, 15) is 21.0 Å². The quantitative estimate of drug-likeness (QED) is 0.131. The van der Waals surface area contributed by atoms with Gasteiger partial charge in [0.15, 0.2) is 44.8 Å². The fourth-order valence-electron chi connectivity index (χ4n) is 22.6. The monoisotopic (exact) mass is 1470 g/mol. The maximum atomic E-state index is 16.7. The lowest BCUT2D eigenvalue weighted by molar-refractivity contribution is -0.142. The van der Waals surface area contributed by atoms with E-state index in [0.29, 0.717) is 36.8 Å². The lowest BCUT2D eigenvalue weighted by Gasteiger charge is -2.64. The Morgan fingerprint density at radius 1 is 0.340 bits per heavy atom. The molecule has 8 aromatic rings. The molecule has 10 aliphatic carbocycles. The van der Waals surface area contributed by atoms with Crippen LogP contribution in [0.15, 0.2) is 139 Å². The summed E-state index contributed by atoms with van der Waals surface area (Å²) in [5, 5.41) is 67.3. The van der Waals surface area contributed by atoms with Gasteiger partial charge in [0.2, 0.25) is 0 Å². The number of Topliss-reactive ketones (excluding diaryl/α,β-unsaturated/α-hetero) is 4. The second-order valence-electron chi connectivity index (χ2n) is 30.8. The summed E-state index contributed by atoms with van der Waals surface area (Å²) in [5.74, 6) is -11.3. The number of nitriles is 6. The molecular weight excluding hydrogens is 1390 g/mol. The van der Waals surface area contributed by atoms with E-state index in [0.717, 1.165) is 166 Å². The zero-order valence-electron chi connectivity index (χ0n) is 61.5. The van der Waals surface area contributed by atoms with Gasteiger partial charge in [-0.05, 0) is 227 Å². The van der Waals surface area contributed by atoms with E-state index in [1.807, 2.05) is 0 Å². The van der Waals surface area contributed by atoms with Gasteiger partial charge in [-0.2, -0.15) is 31.6 Å². The zero-order chi connectivity index (χ0) is 76.1. The molecule has 8 aromatic carbocycles. The fourth-order valence-corrected chi connectivity index (χ4v) is 23.5. The van der Waals surface area contributed by atoms with Crippen LogP contribution in [0.4, 0.5) is 0 Å². The van der Waals surface area contributed by atoms with Crippen LogP contribution in [0.5, 0.6) is 0 Å². The third-order valence-corrected chi connectivity index (χ3v) is 26.8. The van der Waals surface area contributed by atoms with Crippen LogP contribution in [0.1, 0.15) is 213 Å². The normalized spacial score (nSPS) is 26.8. The second-order valence-corrected chi connectivity index (χ2v) is 32.3. The molecule has 18 rings (SSSR count). The standard InChI is InChI=1S/C88H68Cl4N4O4.2C2H3N/c1-13-49-53-29-54-50(14-2)67-71-62(46-23-39(7)18-40(8)24-46)58(54)31-57(53)61(45-21-37(5)17-38(6)22-45)69-65(49)73-66-51(15-3)55-30-56-52(16-4)68-72(76(71)88(36-96)84(100)80(92)78(90)82(98)86(88,34-94)74(67)68)64(48-27-43(11)20-44(12)28-48)60(56)32-59(55)63(47-25-41(9)19-42(10)26-47)70(66)75(69)87(35-95)83(99)79(91)77(89)81(97)85(73,87)33-93;2*1-2-3/h17-32,49,52,61,64,73-76H,13-16H2,1-12H3;2*1H3/t49-,52-,61-,64-,73+,74-,75-,76+,85+,86+,87-,88-;;/m1../s1. The molecule has 0 N–H and O–H groups in total. The molecule has 0 aliphatic heterocycles. The number of carbonyl (C=O) groups excluding carboxylic acids is 4. The summed E-state index contributed by atoms with van der Waals surface area (Å²) in [5.41, 5.74) is 13.7. The first-order chi connectivity index (χ1) is 50.6. The van der Waals surface area contributed by atoms with Crippen molar-refractivity contribution in [3.05, 3.63) is 251 Å². The van der Waals surface area contributed by atoms with Crippen LogP contribution in [0.25, 0.3) is 43.8 Å². The highest BCUT2D eigenvalue weighted by Gasteiger charge is 2.82. The van der Waals surface area contributed by atoms with Gasteiger partial charge in [0.1, 0.15) is 20.1 Å². The summed E-state index contributed by atoms with van der Waals surface area (Å²) in [6.07, 6.45) is 1.62. The first kappa shape index (κ1) is 71.6. The van der Waals surface area contributed by atoms with E-state index in [1.165, 1.54) is 13.8 Å². The second kappa shape index (κ2) is 24.8. The van der Waals surface area contributed by atoms with Crippen LogP contribution in [0.2, 0.25) is 0 Å². The van der Waals surface area contributed by atoms with Crippen molar-refractivity contribution in [3.8, 4) is 58.7 Å². The molecule has 0 fully saturated rings. The van der Waals surface area contributed by atoms with Crippen molar-refractivity contribution in [2.24, 2.45) is 21.7 Å². The van der Waals surface area contributed by atoms with Crippen molar-refractivity contribution in [1.29, 1.82) is 31.6 Å². The highest BCUT2D eigenvalue weighted by atomic mass is 35.5. The molecule has 0 saturated heterocycles. The van der Waals surface area contributed by atoms with Crippen molar-refractivity contribution in [2.45, 2.75) is 170 Å². The van der Waals surface area contributed by atoms with E-state index < -0.39 is 112 Å². The van der Waals surface area contributed by atoms with E-state index in [-0.39, 0.29) is 0 Å². The SMILES string of the molecule is CC#N.CC#N.CCc1c2c3c(-c4cc(C)cc(C)c4)c4cc5c(cc14)[C@@H](CC)C1=C([C@@H]5c4cc(C)cc(C)c4)[C@@H]4c5c(c(CC)c6cc7c(cc6c5-c5cc(C)cc(C)c5)[C@@H](c5cc(C)cc(C)c5)C5=C([C@@H]7CC)[C@@H]2[C@@]2(C#N)C(=O)C(Cl)=C(Cl)C(=O)[C@@]2(C#N)[C@H]53)[C@H]1[C@@]1(C#N)C(=O)C(Cl)=C(Cl)C(=O)[C@@]41C#N. The summed E-state index contributed by atoms with van der Waals surface area (Å²) < 4.78 is 0. The van der Waals surface area contributed by atoms with Crippen LogP contribution < -0.4 is 0 Å². The number of carbonyl (C=O) groups is 4. The first-order valence-electron chi connectivity index (χ1n) is 36.4. The molecule has 0 radical (unpaired) electrons. The average molecular weight is 1470 g/mol.